The molecule has 1 heterocycles. The molecule has 3 rings (SSSR count). The number of aryl methyl sites for hydroxylation is 1. The van der Waals surface area contributed by atoms with Crippen LogP contribution in [-0.2, 0) is 0 Å². The van der Waals surface area contributed by atoms with Crippen molar-refractivity contribution < 1.29 is 4.92 Å². The summed E-state index contributed by atoms with van der Waals surface area (Å²) in [5, 5.41) is 15.3. The van der Waals surface area contributed by atoms with Crippen molar-refractivity contribution in [2.75, 3.05) is 5.32 Å². The van der Waals surface area contributed by atoms with Crippen LogP contribution < -0.4 is 5.32 Å². The minimum Gasteiger partial charge on any atom is -0.376 e. The summed E-state index contributed by atoms with van der Waals surface area (Å²) in [5.41, 5.74) is 2.54. The maximum atomic E-state index is 11.2. The highest BCUT2D eigenvalue weighted by Crippen LogP contribution is 2.35. The zero-order valence-corrected chi connectivity index (χ0v) is 10.7. The van der Waals surface area contributed by atoms with Gasteiger partial charge in [-0.15, -0.1) is 0 Å². The summed E-state index contributed by atoms with van der Waals surface area (Å²) in [5.74, 6) is 0. The zero-order valence-electron chi connectivity index (χ0n) is 10.7. The van der Waals surface area contributed by atoms with E-state index in [1.807, 2.05) is 25.1 Å². The lowest BCUT2D eigenvalue weighted by Gasteiger charge is -2.27. The second-order valence-corrected chi connectivity index (χ2v) is 5.07. The van der Waals surface area contributed by atoms with Crippen LogP contribution in [0.2, 0.25) is 0 Å². The van der Waals surface area contributed by atoms with Crippen LogP contribution in [0.3, 0.4) is 0 Å². The molecule has 1 aromatic heterocycles. The molecule has 1 aliphatic carbocycles. The fourth-order valence-corrected chi connectivity index (χ4v) is 2.34. The predicted molar refractivity (Wildman–Crippen MR) is 74.4 cm³/mol. The maximum Gasteiger partial charge on any atom is 0.311 e. The molecule has 5 heteroatoms. The molecular weight excluding hydrogens is 242 g/mol. The van der Waals surface area contributed by atoms with Gasteiger partial charge in [-0.1, -0.05) is 11.6 Å². The van der Waals surface area contributed by atoms with Gasteiger partial charge in [0.25, 0.3) is 0 Å². The van der Waals surface area contributed by atoms with E-state index in [1.165, 1.54) is 12.6 Å². The lowest BCUT2D eigenvalue weighted by molar-refractivity contribution is -0.384. The molecule has 0 spiro atoms. The van der Waals surface area contributed by atoms with Gasteiger partial charge >= 0.3 is 5.69 Å². The van der Waals surface area contributed by atoms with Crippen molar-refractivity contribution in [3.8, 4) is 0 Å². The van der Waals surface area contributed by atoms with E-state index in [2.05, 4.69) is 10.3 Å². The fraction of sp³-hybridized carbons (Fsp3) is 0.357. The third-order valence-electron chi connectivity index (χ3n) is 3.65. The standard InChI is InChI=1S/C14H15N3O2/c1-9-5-6-12-11(7-9)14(16-10-3-2-4-10)13(8-15-12)17(18)19/h5-8,10H,2-4H2,1H3,(H,15,16). The second kappa shape index (κ2) is 4.50. The van der Waals surface area contributed by atoms with Gasteiger partial charge in [0, 0.05) is 11.4 Å². The quantitative estimate of drug-likeness (QED) is 0.675. The third kappa shape index (κ3) is 2.12. The van der Waals surface area contributed by atoms with Gasteiger partial charge in [-0.3, -0.25) is 10.1 Å². The van der Waals surface area contributed by atoms with E-state index >= 15 is 0 Å². The number of rotatable bonds is 3. The summed E-state index contributed by atoms with van der Waals surface area (Å²) >= 11 is 0. The fourth-order valence-electron chi connectivity index (χ4n) is 2.34. The van der Waals surface area contributed by atoms with Gasteiger partial charge in [0.15, 0.2) is 0 Å². The van der Waals surface area contributed by atoms with Crippen molar-refractivity contribution in [2.45, 2.75) is 32.2 Å². The lowest BCUT2D eigenvalue weighted by atomic mass is 9.92. The summed E-state index contributed by atoms with van der Waals surface area (Å²) in [6, 6.07) is 6.18. The van der Waals surface area contributed by atoms with Gasteiger partial charge in [-0.25, -0.2) is 4.98 Å². The summed E-state index contributed by atoms with van der Waals surface area (Å²) < 4.78 is 0. The predicted octanol–water partition coefficient (Wildman–Crippen LogP) is 3.42. The average Bonchev–Trinajstić information content (AvgIpc) is 2.33. The highest BCUT2D eigenvalue weighted by Gasteiger charge is 2.24. The first kappa shape index (κ1) is 11.9. The molecule has 1 aromatic carbocycles. The van der Waals surface area contributed by atoms with Crippen LogP contribution in [0.15, 0.2) is 24.4 Å². The second-order valence-electron chi connectivity index (χ2n) is 5.07. The minimum atomic E-state index is -0.365. The topological polar surface area (TPSA) is 68.1 Å². The Kier molecular flexibility index (Phi) is 2.81. The first-order valence-electron chi connectivity index (χ1n) is 6.45. The number of anilines is 1. The number of aromatic nitrogens is 1. The Bertz CT molecular complexity index is 650. The van der Waals surface area contributed by atoms with Crippen molar-refractivity contribution >= 4 is 22.3 Å². The Balaban J connectivity index is 2.17. The molecule has 1 N–H and O–H groups in total. The first-order valence-corrected chi connectivity index (χ1v) is 6.45. The highest BCUT2D eigenvalue weighted by molar-refractivity contribution is 5.96. The molecule has 0 bridgehead atoms. The molecule has 0 radical (unpaired) electrons. The summed E-state index contributed by atoms with van der Waals surface area (Å²) in [6.07, 6.45) is 4.69. The van der Waals surface area contributed by atoms with Crippen molar-refractivity contribution in [1.29, 1.82) is 0 Å². The number of fused-ring (bicyclic) bond motifs is 1. The number of hydrogen-bond donors (Lipinski definition) is 1. The van der Waals surface area contributed by atoms with Crippen LogP contribution >= 0.6 is 0 Å². The number of benzene rings is 1. The Morgan fingerprint density at radius 3 is 2.84 bits per heavy atom. The molecule has 19 heavy (non-hydrogen) atoms. The normalized spacial score (nSPS) is 15.2. The van der Waals surface area contributed by atoms with Crippen LogP contribution in [0.25, 0.3) is 10.9 Å². The van der Waals surface area contributed by atoms with E-state index in [0.717, 1.165) is 29.3 Å². The average molecular weight is 257 g/mol. The van der Waals surface area contributed by atoms with Crippen molar-refractivity contribution in [3.63, 3.8) is 0 Å². The largest absolute Gasteiger partial charge is 0.376 e. The monoisotopic (exact) mass is 257 g/mol. The molecule has 0 amide bonds. The maximum absolute atomic E-state index is 11.2. The molecule has 98 valence electrons. The molecule has 2 aromatic rings. The SMILES string of the molecule is Cc1ccc2ncc([N+](=O)[O-])c(NC3CCC3)c2c1. The molecule has 1 aliphatic rings. The molecule has 1 saturated carbocycles. The zero-order chi connectivity index (χ0) is 13.4. The van der Waals surface area contributed by atoms with E-state index in [4.69, 9.17) is 0 Å². The van der Waals surface area contributed by atoms with Crippen molar-refractivity contribution in [1.82, 2.24) is 4.98 Å². The highest BCUT2D eigenvalue weighted by atomic mass is 16.6. The molecule has 0 aliphatic heterocycles. The van der Waals surface area contributed by atoms with E-state index in [0.29, 0.717) is 11.7 Å². The van der Waals surface area contributed by atoms with Crippen LogP contribution in [0, 0.1) is 17.0 Å². The van der Waals surface area contributed by atoms with Gasteiger partial charge in [-0.05, 0) is 38.3 Å². The lowest BCUT2D eigenvalue weighted by Crippen LogP contribution is -2.27. The summed E-state index contributed by atoms with van der Waals surface area (Å²) in [4.78, 5) is 15.0. The van der Waals surface area contributed by atoms with E-state index < -0.39 is 0 Å². The Labute approximate surface area is 110 Å². The minimum absolute atomic E-state index is 0.0602. The summed E-state index contributed by atoms with van der Waals surface area (Å²) in [6.45, 7) is 1.98. The molecular formula is C14H15N3O2. The Morgan fingerprint density at radius 2 is 2.21 bits per heavy atom. The number of nitrogens with zero attached hydrogens (tertiary/aromatic N) is 2. The molecule has 0 atom stereocenters. The Morgan fingerprint density at radius 1 is 1.42 bits per heavy atom. The van der Waals surface area contributed by atoms with E-state index in [1.54, 1.807) is 0 Å². The first-order chi connectivity index (χ1) is 9.15. The Hall–Kier alpha value is -2.17. The third-order valence-corrected chi connectivity index (χ3v) is 3.65. The molecule has 0 saturated heterocycles. The van der Waals surface area contributed by atoms with Gasteiger partial charge in [0.2, 0.25) is 0 Å². The van der Waals surface area contributed by atoms with Crippen molar-refractivity contribution in [2.24, 2.45) is 0 Å². The van der Waals surface area contributed by atoms with E-state index in [-0.39, 0.29) is 10.6 Å². The van der Waals surface area contributed by atoms with Gasteiger partial charge in [0.05, 0.1) is 10.4 Å². The smallest absolute Gasteiger partial charge is 0.311 e. The van der Waals surface area contributed by atoms with E-state index in [9.17, 15) is 10.1 Å². The molecule has 1 fully saturated rings. The van der Waals surface area contributed by atoms with Crippen molar-refractivity contribution in [3.05, 3.63) is 40.1 Å². The van der Waals surface area contributed by atoms with Crippen LogP contribution in [0.1, 0.15) is 24.8 Å². The molecule has 0 unspecified atom stereocenters. The van der Waals surface area contributed by atoms with Gasteiger partial charge in [0.1, 0.15) is 11.9 Å². The van der Waals surface area contributed by atoms with Crippen LogP contribution in [-0.4, -0.2) is 15.9 Å². The van der Waals surface area contributed by atoms with Gasteiger partial charge < -0.3 is 5.32 Å². The molecule has 5 nitrogen and oxygen atoms in total. The number of nitrogens with one attached hydrogen (secondary N) is 1. The van der Waals surface area contributed by atoms with Crippen LogP contribution in [0.4, 0.5) is 11.4 Å². The number of hydrogen-bond acceptors (Lipinski definition) is 4. The van der Waals surface area contributed by atoms with Crippen LogP contribution in [0.5, 0.6) is 0 Å². The van der Waals surface area contributed by atoms with Gasteiger partial charge in [-0.2, -0.15) is 0 Å². The number of nitro groups is 1. The summed E-state index contributed by atoms with van der Waals surface area (Å²) in [7, 11) is 0. The number of pyridine rings is 1.